The molecule has 0 radical (unpaired) electrons. The first-order valence-corrected chi connectivity index (χ1v) is 10.9. The number of rotatable bonds is 7. The van der Waals surface area contributed by atoms with Crippen molar-refractivity contribution >= 4 is 17.5 Å². The third-order valence-corrected chi connectivity index (χ3v) is 6.17. The zero-order chi connectivity index (χ0) is 22.7. The summed E-state index contributed by atoms with van der Waals surface area (Å²) >= 11 is 0. The Morgan fingerprint density at radius 2 is 2.03 bits per heavy atom. The van der Waals surface area contributed by atoms with E-state index < -0.39 is 0 Å². The smallest absolute Gasteiger partial charge is 0.275 e. The van der Waals surface area contributed by atoms with Crippen molar-refractivity contribution in [1.29, 1.82) is 0 Å². The molecule has 2 aromatic heterocycles. The van der Waals surface area contributed by atoms with Crippen LogP contribution in [0.25, 0.3) is 0 Å². The lowest BCUT2D eigenvalue weighted by atomic mass is 9.85. The molecular weight excluding hydrogens is 392 g/mol. The molecule has 2 amide bonds. The van der Waals surface area contributed by atoms with Gasteiger partial charge >= 0.3 is 0 Å². The average molecular weight is 425 g/mol. The number of aromatic nitrogens is 2. The molecule has 0 bridgehead atoms. The van der Waals surface area contributed by atoms with Crippen molar-refractivity contribution < 1.29 is 9.59 Å². The molecule has 0 aliphatic carbocycles. The SMILES string of the molecule is CCC(C)CC1Cc2cc(C)n(CC(=O)NCc3ccc(C)nc3C)c(=O)c2NC1=O. The van der Waals surface area contributed by atoms with Crippen molar-refractivity contribution in [3.8, 4) is 0 Å². The number of aryl methyl sites for hydroxylation is 3. The average Bonchev–Trinajstić information content (AvgIpc) is 2.71. The van der Waals surface area contributed by atoms with E-state index in [1.165, 1.54) is 4.57 Å². The van der Waals surface area contributed by atoms with Gasteiger partial charge in [0.2, 0.25) is 11.8 Å². The monoisotopic (exact) mass is 424 g/mol. The van der Waals surface area contributed by atoms with Crippen LogP contribution in [-0.2, 0) is 29.1 Å². The molecule has 3 rings (SSSR count). The number of carbonyl (C=O) groups is 2. The van der Waals surface area contributed by atoms with Gasteiger partial charge in [0.25, 0.3) is 5.56 Å². The van der Waals surface area contributed by atoms with Gasteiger partial charge in [-0.2, -0.15) is 0 Å². The minimum Gasteiger partial charge on any atom is -0.350 e. The number of anilines is 1. The van der Waals surface area contributed by atoms with E-state index in [1.807, 2.05) is 39.0 Å². The zero-order valence-electron chi connectivity index (χ0n) is 19.0. The van der Waals surface area contributed by atoms with Gasteiger partial charge in [0, 0.05) is 29.5 Å². The predicted octanol–water partition coefficient (Wildman–Crippen LogP) is 3.03. The lowest BCUT2D eigenvalue weighted by molar-refractivity contribution is -0.122. The number of hydrogen-bond acceptors (Lipinski definition) is 4. The van der Waals surface area contributed by atoms with Gasteiger partial charge in [0.15, 0.2) is 0 Å². The molecule has 2 aromatic rings. The van der Waals surface area contributed by atoms with Gasteiger partial charge in [-0.15, -0.1) is 0 Å². The summed E-state index contributed by atoms with van der Waals surface area (Å²) in [7, 11) is 0. The van der Waals surface area contributed by atoms with Crippen LogP contribution in [0.15, 0.2) is 23.0 Å². The normalized spacial score (nSPS) is 16.4. The van der Waals surface area contributed by atoms with Crippen molar-refractivity contribution in [2.75, 3.05) is 5.32 Å². The molecule has 2 unspecified atom stereocenters. The Kier molecular flexibility index (Phi) is 6.93. The Hall–Kier alpha value is -2.96. The Bertz CT molecular complexity index is 1060. The van der Waals surface area contributed by atoms with Crippen molar-refractivity contribution in [1.82, 2.24) is 14.9 Å². The van der Waals surface area contributed by atoms with Crippen molar-refractivity contribution in [2.45, 2.75) is 67.0 Å². The maximum absolute atomic E-state index is 13.0. The number of nitrogens with zero attached hydrogens (tertiary/aromatic N) is 2. The molecule has 31 heavy (non-hydrogen) atoms. The highest BCUT2D eigenvalue weighted by Crippen LogP contribution is 2.28. The van der Waals surface area contributed by atoms with Crippen LogP contribution in [0.4, 0.5) is 5.69 Å². The van der Waals surface area contributed by atoms with Gasteiger partial charge in [-0.3, -0.25) is 19.4 Å². The van der Waals surface area contributed by atoms with Gasteiger partial charge in [-0.1, -0.05) is 26.3 Å². The van der Waals surface area contributed by atoms with Crippen LogP contribution in [-0.4, -0.2) is 21.4 Å². The van der Waals surface area contributed by atoms with E-state index in [-0.39, 0.29) is 29.8 Å². The summed E-state index contributed by atoms with van der Waals surface area (Å²) in [6.07, 6.45) is 2.39. The summed E-state index contributed by atoms with van der Waals surface area (Å²) in [5.74, 6) is -0.0319. The third kappa shape index (κ3) is 5.21. The van der Waals surface area contributed by atoms with Crippen molar-refractivity contribution in [3.63, 3.8) is 0 Å². The molecule has 0 aromatic carbocycles. The fraction of sp³-hybridized carbons (Fsp3) is 0.500. The Morgan fingerprint density at radius 1 is 1.29 bits per heavy atom. The number of nitrogens with one attached hydrogen (secondary N) is 2. The van der Waals surface area contributed by atoms with E-state index in [0.29, 0.717) is 30.3 Å². The highest BCUT2D eigenvalue weighted by Gasteiger charge is 2.30. The molecule has 3 heterocycles. The Morgan fingerprint density at radius 3 is 2.71 bits per heavy atom. The molecule has 0 saturated carbocycles. The van der Waals surface area contributed by atoms with E-state index >= 15 is 0 Å². The summed E-state index contributed by atoms with van der Waals surface area (Å²) < 4.78 is 1.42. The largest absolute Gasteiger partial charge is 0.350 e. The second-order valence-electron chi connectivity index (χ2n) is 8.69. The molecule has 7 heteroatoms. The molecule has 2 N–H and O–H groups in total. The van der Waals surface area contributed by atoms with Gasteiger partial charge < -0.3 is 15.2 Å². The highest BCUT2D eigenvalue weighted by molar-refractivity contribution is 5.95. The van der Waals surface area contributed by atoms with Crippen LogP contribution in [0.2, 0.25) is 0 Å². The van der Waals surface area contributed by atoms with Crippen LogP contribution in [0.1, 0.15) is 54.9 Å². The van der Waals surface area contributed by atoms with Crippen LogP contribution in [0.3, 0.4) is 0 Å². The van der Waals surface area contributed by atoms with Crippen LogP contribution in [0, 0.1) is 32.6 Å². The lowest BCUT2D eigenvalue weighted by Gasteiger charge is -2.27. The maximum atomic E-state index is 13.0. The van der Waals surface area contributed by atoms with Crippen LogP contribution < -0.4 is 16.2 Å². The molecule has 0 fully saturated rings. The zero-order valence-corrected chi connectivity index (χ0v) is 19.0. The fourth-order valence-corrected chi connectivity index (χ4v) is 4.05. The summed E-state index contributed by atoms with van der Waals surface area (Å²) in [6, 6.07) is 5.77. The van der Waals surface area contributed by atoms with Crippen molar-refractivity contribution in [3.05, 3.63) is 56.8 Å². The number of amides is 2. The summed E-state index contributed by atoms with van der Waals surface area (Å²) in [6.45, 7) is 10.2. The van der Waals surface area contributed by atoms with Gasteiger partial charge in [-0.25, -0.2) is 0 Å². The topological polar surface area (TPSA) is 93.1 Å². The Balaban J connectivity index is 1.73. The first-order valence-electron chi connectivity index (χ1n) is 10.9. The molecular formula is C24H32N4O3. The molecule has 1 aliphatic rings. The number of carbonyl (C=O) groups excluding carboxylic acids is 2. The van der Waals surface area contributed by atoms with E-state index in [9.17, 15) is 14.4 Å². The minimum atomic E-state index is -0.325. The third-order valence-electron chi connectivity index (χ3n) is 6.17. The van der Waals surface area contributed by atoms with Gasteiger partial charge in [0.1, 0.15) is 12.2 Å². The maximum Gasteiger partial charge on any atom is 0.275 e. The van der Waals surface area contributed by atoms with E-state index in [2.05, 4.69) is 29.5 Å². The van der Waals surface area contributed by atoms with Gasteiger partial charge in [-0.05, 0) is 62.8 Å². The van der Waals surface area contributed by atoms with Crippen LogP contribution >= 0.6 is 0 Å². The quantitative estimate of drug-likeness (QED) is 0.714. The first kappa shape index (κ1) is 22.7. The molecule has 1 aliphatic heterocycles. The lowest BCUT2D eigenvalue weighted by Crippen LogP contribution is -2.39. The molecule has 0 spiro atoms. The predicted molar refractivity (Wildman–Crippen MR) is 121 cm³/mol. The molecule has 166 valence electrons. The van der Waals surface area contributed by atoms with Crippen LogP contribution in [0.5, 0.6) is 0 Å². The number of hydrogen-bond donors (Lipinski definition) is 2. The number of pyridine rings is 2. The second-order valence-corrected chi connectivity index (χ2v) is 8.69. The first-order chi connectivity index (χ1) is 14.7. The Labute approximate surface area is 183 Å². The summed E-state index contributed by atoms with van der Waals surface area (Å²) in [5.41, 5.74) is 4.29. The minimum absolute atomic E-state index is 0.0948. The van der Waals surface area contributed by atoms with E-state index in [0.717, 1.165) is 35.4 Å². The molecule has 2 atom stereocenters. The standard InChI is InChI=1S/C24H32N4O3/c1-6-14(2)9-20-11-19-10-16(4)28(24(31)22(19)27-23(20)30)13-21(29)25-12-18-8-7-15(3)26-17(18)5/h7-8,10,14,20H,6,9,11-13H2,1-5H3,(H,25,29)(H,27,30). The van der Waals surface area contributed by atoms with E-state index in [4.69, 9.17) is 0 Å². The van der Waals surface area contributed by atoms with E-state index in [1.54, 1.807) is 0 Å². The van der Waals surface area contributed by atoms with Crippen molar-refractivity contribution in [2.24, 2.45) is 11.8 Å². The molecule has 7 nitrogen and oxygen atoms in total. The van der Waals surface area contributed by atoms with Gasteiger partial charge in [0.05, 0.1) is 0 Å². The summed E-state index contributed by atoms with van der Waals surface area (Å²) in [4.78, 5) is 42.5. The fourth-order valence-electron chi connectivity index (χ4n) is 4.05. The second kappa shape index (κ2) is 9.45. The summed E-state index contributed by atoms with van der Waals surface area (Å²) in [5, 5.41) is 5.67. The highest BCUT2D eigenvalue weighted by atomic mass is 16.2. The molecule has 0 saturated heterocycles. The number of fused-ring (bicyclic) bond motifs is 1.